The third-order valence-corrected chi connectivity index (χ3v) is 6.57. The van der Waals surface area contributed by atoms with Crippen molar-refractivity contribution in [2.75, 3.05) is 18.8 Å². The van der Waals surface area contributed by atoms with Gasteiger partial charge in [0.1, 0.15) is 5.58 Å². The number of nitrogens with zero attached hydrogens (tertiary/aromatic N) is 1. The molecule has 0 aliphatic carbocycles. The number of rotatable bonds is 2. The fraction of sp³-hybridized carbons (Fsp3) is 0.278. The van der Waals surface area contributed by atoms with Crippen LogP contribution in [0.4, 0.5) is 0 Å². The van der Waals surface area contributed by atoms with E-state index in [1.165, 1.54) is 4.88 Å². The number of hydrogen-bond acceptors (Lipinski definition) is 4. The Morgan fingerprint density at radius 1 is 1.17 bits per heavy atom. The number of hydrogen-bond donors (Lipinski definition) is 0. The van der Waals surface area contributed by atoms with Gasteiger partial charge in [-0.05, 0) is 30.0 Å². The Bertz CT molecular complexity index is 776. The molecule has 1 amide bonds. The zero-order chi connectivity index (χ0) is 15.6. The highest BCUT2D eigenvalue weighted by atomic mass is 32.2. The zero-order valence-electron chi connectivity index (χ0n) is 12.6. The fourth-order valence-corrected chi connectivity index (χ4v) is 5.16. The van der Waals surface area contributed by atoms with Gasteiger partial charge in [-0.25, -0.2) is 0 Å². The minimum Gasteiger partial charge on any atom is -0.451 e. The summed E-state index contributed by atoms with van der Waals surface area (Å²) < 4.78 is 5.73. The second kappa shape index (κ2) is 6.42. The Morgan fingerprint density at radius 2 is 2.09 bits per heavy atom. The second-order valence-electron chi connectivity index (χ2n) is 5.60. The van der Waals surface area contributed by atoms with E-state index in [4.69, 9.17) is 4.42 Å². The van der Waals surface area contributed by atoms with E-state index >= 15 is 0 Å². The lowest BCUT2D eigenvalue weighted by atomic mass is 10.2. The Morgan fingerprint density at radius 3 is 2.91 bits per heavy atom. The molecule has 3 aromatic rings. The molecule has 5 heteroatoms. The van der Waals surface area contributed by atoms with Crippen LogP contribution in [0.25, 0.3) is 11.0 Å². The molecule has 0 N–H and O–H groups in total. The molecule has 2 aromatic heterocycles. The van der Waals surface area contributed by atoms with E-state index in [0.717, 1.165) is 36.2 Å². The minimum atomic E-state index is 0.00799. The Kier molecular flexibility index (Phi) is 4.14. The van der Waals surface area contributed by atoms with Gasteiger partial charge in [0.25, 0.3) is 5.91 Å². The van der Waals surface area contributed by atoms with Gasteiger partial charge < -0.3 is 9.32 Å². The van der Waals surface area contributed by atoms with E-state index in [0.29, 0.717) is 11.0 Å². The summed E-state index contributed by atoms with van der Waals surface area (Å²) in [6.07, 6.45) is 0.997. The van der Waals surface area contributed by atoms with Gasteiger partial charge in [0.2, 0.25) is 0 Å². The van der Waals surface area contributed by atoms with Gasteiger partial charge in [-0.15, -0.1) is 11.3 Å². The average Bonchev–Trinajstić information content (AvgIpc) is 3.19. The molecule has 0 spiro atoms. The first-order chi connectivity index (χ1) is 11.3. The van der Waals surface area contributed by atoms with E-state index in [1.807, 2.05) is 47.0 Å². The smallest absolute Gasteiger partial charge is 0.289 e. The molecule has 1 aliphatic rings. The van der Waals surface area contributed by atoms with Gasteiger partial charge >= 0.3 is 0 Å². The second-order valence-corrected chi connectivity index (χ2v) is 7.89. The molecular formula is C18H17NO2S2. The fourth-order valence-electron chi connectivity index (χ4n) is 2.92. The number of thioether (sulfide) groups is 1. The highest BCUT2D eigenvalue weighted by molar-refractivity contribution is 7.99. The summed E-state index contributed by atoms with van der Waals surface area (Å²) in [7, 11) is 0. The quantitative estimate of drug-likeness (QED) is 0.669. The van der Waals surface area contributed by atoms with Crippen LogP contribution in [0.1, 0.15) is 27.1 Å². The van der Waals surface area contributed by atoms with Crippen LogP contribution >= 0.6 is 23.1 Å². The van der Waals surface area contributed by atoms with Crippen molar-refractivity contribution in [3.8, 4) is 0 Å². The predicted octanol–water partition coefficient (Wildman–Crippen LogP) is 4.81. The van der Waals surface area contributed by atoms with Crippen molar-refractivity contribution in [1.82, 2.24) is 4.90 Å². The number of carbonyl (C=O) groups is 1. The van der Waals surface area contributed by atoms with Crippen molar-refractivity contribution in [2.45, 2.75) is 11.7 Å². The van der Waals surface area contributed by atoms with Gasteiger partial charge in [0, 0.05) is 34.4 Å². The largest absolute Gasteiger partial charge is 0.451 e. The summed E-state index contributed by atoms with van der Waals surface area (Å²) in [6.45, 7) is 1.56. The molecule has 1 fully saturated rings. The minimum absolute atomic E-state index is 0.00799. The average molecular weight is 343 g/mol. The third kappa shape index (κ3) is 3.03. The lowest BCUT2D eigenvalue weighted by Gasteiger charge is -2.18. The molecule has 0 saturated carbocycles. The summed E-state index contributed by atoms with van der Waals surface area (Å²) in [5, 5.41) is 3.61. The maximum absolute atomic E-state index is 12.7. The molecule has 118 valence electrons. The molecule has 23 heavy (non-hydrogen) atoms. The predicted molar refractivity (Wildman–Crippen MR) is 96.3 cm³/mol. The molecule has 1 atom stereocenters. The summed E-state index contributed by atoms with van der Waals surface area (Å²) >= 11 is 3.75. The van der Waals surface area contributed by atoms with Crippen LogP contribution in [0.3, 0.4) is 0 Å². The van der Waals surface area contributed by atoms with Crippen LogP contribution < -0.4 is 0 Å². The maximum atomic E-state index is 12.7. The van der Waals surface area contributed by atoms with Crippen LogP contribution in [0.2, 0.25) is 0 Å². The van der Waals surface area contributed by atoms with E-state index in [2.05, 4.69) is 17.5 Å². The SMILES string of the molecule is O=C(c1cc2ccccc2o1)N1CCSC(c2cccs2)CC1. The molecule has 1 saturated heterocycles. The maximum Gasteiger partial charge on any atom is 0.289 e. The molecule has 4 rings (SSSR count). The van der Waals surface area contributed by atoms with E-state index in [1.54, 1.807) is 11.3 Å². The van der Waals surface area contributed by atoms with Crippen molar-refractivity contribution in [2.24, 2.45) is 0 Å². The number of benzene rings is 1. The standard InChI is InChI=1S/C18H17NO2S2/c20-18(15-12-13-4-1-2-5-14(13)21-15)19-8-7-17(23-11-9-19)16-6-3-10-22-16/h1-6,10,12,17H,7-9,11H2. The molecular weight excluding hydrogens is 326 g/mol. The zero-order valence-corrected chi connectivity index (χ0v) is 14.2. The Hall–Kier alpha value is -1.72. The normalized spacial score (nSPS) is 19.0. The van der Waals surface area contributed by atoms with Crippen molar-refractivity contribution < 1.29 is 9.21 Å². The number of carbonyl (C=O) groups excluding carboxylic acids is 1. The van der Waals surface area contributed by atoms with Crippen LogP contribution in [0, 0.1) is 0 Å². The molecule has 3 nitrogen and oxygen atoms in total. The van der Waals surface area contributed by atoms with Crippen molar-refractivity contribution in [3.63, 3.8) is 0 Å². The third-order valence-electron chi connectivity index (χ3n) is 4.13. The lowest BCUT2D eigenvalue weighted by Crippen LogP contribution is -2.32. The highest BCUT2D eigenvalue weighted by Crippen LogP contribution is 2.37. The van der Waals surface area contributed by atoms with Gasteiger partial charge in [-0.3, -0.25) is 4.79 Å². The first-order valence-electron chi connectivity index (χ1n) is 7.74. The summed E-state index contributed by atoms with van der Waals surface area (Å²) in [5.41, 5.74) is 0.775. The van der Waals surface area contributed by atoms with Crippen LogP contribution in [-0.2, 0) is 0 Å². The highest BCUT2D eigenvalue weighted by Gasteiger charge is 2.25. The summed E-state index contributed by atoms with van der Waals surface area (Å²) in [6, 6.07) is 13.9. The molecule has 1 unspecified atom stereocenters. The van der Waals surface area contributed by atoms with Gasteiger partial charge in [0.15, 0.2) is 5.76 Å². The Balaban J connectivity index is 1.50. The monoisotopic (exact) mass is 343 g/mol. The molecule has 1 aromatic carbocycles. The molecule has 0 radical (unpaired) electrons. The summed E-state index contributed by atoms with van der Waals surface area (Å²) in [5.74, 6) is 1.42. The number of thiophene rings is 1. The van der Waals surface area contributed by atoms with Gasteiger partial charge in [-0.2, -0.15) is 11.8 Å². The van der Waals surface area contributed by atoms with E-state index < -0.39 is 0 Å². The van der Waals surface area contributed by atoms with Crippen LogP contribution in [0.15, 0.2) is 52.3 Å². The lowest BCUT2D eigenvalue weighted by molar-refractivity contribution is 0.0737. The van der Waals surface area contributed by atoms with E-state index in [9.17, 15) is 4.79 Å². The van der Waals surface area contributed by atoms with Crippen LogP contribution in [-0.4, -0.2) is 29.6 Å². The Labute approximate surface area is 143 Å². The first kappa shape index (κ1) is 14.8. The number of amides is 1. The van der Waals surface area contributed by atoms with Crippen molar-refractivity contribution in [3.05, 3.63) is 58.5 Å². The van der Waals surface area contributed by atoms with Gasteiger partial charge in [-0.1, -0.05) is 24.3 Å². The first-order valence-corrected chi connectivity index (χ1v) is 9.67. The number of fused-ring (bicyclic) bond motifs is 1. The topological polar surface area (TPSA) is 33.5 Å². The molecule has 3 heterocycles. The number of para-hydroxylation sites is 1. The molecule has 0 bridgehead atoms. The molecule has 1 aliphatic heterocycles. The summed E-state index contributed by atoms with van der Waals surface area (Å²) in [4.78, 5) is 16.1. The van der Waals surface area contributed by atoms with E-state index in [-0.39, 0.29) is 5.91 Å². The van der Waals surface area contributed by atoms with Gasteiger partial charge in [0.05, 0.1) is 0 Å². The number of furan rings is 1. The van der Waals surface area contributed by atoms with Crippen LogP contribution in [0.5, 0.6) is 0 Å². The van der Waals surface area contributed by atoms with Crippen molar-refractivity contribution >= 4 is 40.0 Å². The van der Waals surface area contributed by atoms with Crippen molar-refractivity contribution in [1.29, 1.82) is 0 Å².